The number of hydrogen-bond donors (Lipinski definition) is 1. The number of methoxy groups -OCH3 is 1. The second kappa shape index (κ2) is 5.71. The van der Waals surface area contributed by atoms with Crippen molar-refractivity contribution in [3.63, 3.8) is 0 Å². The number of ether oxygens (including phenoxy) is 2. The fourth-order valence-electron chi connectivity index (χ4n) is 2.82. The van der Waals surface area contributed by atoms with Crippen molar-refractivity contribution in [2.75, 3.05) is 13.7 Å². The lowest BCUT2D eigenvalue weighted by Gasteiger charge is -2.18. The molecule has 116 valence electrons. The molecule has 1 aromatic rings. The maximum atomic E-state index is 12.2. The highest BCUT2D eigenvalue weighted by Gasteiger charge is 2.40. The largest absolute Gasteiger partial charge is 0.497 e. The van der Waals surface area contributed by atoms with E-state index in [1.165, 1.54) is 0 Å². The van der Waals surface area contributed by atoms with E-state index in [1.807, 2.05) is 24.3 Å². The minimum Gasteiger partial charge on any atom is -0.497 e. The van der Waals surface area contributed by atoms with Crippen LogP contribution in [0.2, 0.25) is 0 Å². The van der Waals surface area contributed by atoms with Crippen molar-refractivity contribution in [2.24, 2.45) is 0 Å². The molecule has 1 atom stereocenters. The predicted octanol–water partition coefficient (Wildman–Crippen LogP) is 1.81. The summed E-state index contributed by atoms with van der Waals surface area (Å²) < 4.78 is 10.4. The summed E-state index contributed by atoms with van der Waals surface area (Å²) in [5, 5.41) is 2.86. The van der Waals surface area contributed by atoms with E-state index in [-0.39, 0.29) is 18.6 Å². The van der Waals surface area contributed by atoms with Crippen molar-refractivity contribution < 1.29 is 19.1 Å². The normalized spacial score (nSPS) is 20.0. The first-order valence-electron chi connectivity index (χ1n) is 7.19. The van der Waals surface area contributed by atoms with E-state index in [4.69, 9.17) is 9.47 Å². The van der Waals surface area contributed by atoms with Gasteiger partial charge in [-0.05, 0) is 31.0 Å². The predicted molar refractivity (Wildman–Crippen MR) is 79.1 cm³/mol. The van der Waals surface area contributed by atoms with E-state index in [0.717, 1.165) is 23.4 Å². The molecule has 2 aliphatic heterocycles. The van der Waals surface area contributed by atoms with Crippen molar-refractivity contribution in [3.8, 4) is 5.75 Å². The standard InChI is InChI=1S/C16H18N2O4/c1-10-14-13(17-15(10)19)7-8-18(14)16(20)22-9-11-3-5-12(21-2)6-4-11/h3-6,13H,7-9H2,1-2H3,(H,17,19)/t13-/m0/s1. The number of nitrogens with zero attached hydrogens (tertiary/aromatic N) is 1. The molecular weight excluding hydrogens is 284 g/mol. The van der Waals surface area contributed by atoms with Gasteiger partial charge in [-0.2, -0.15) is 0 Å². The Morgan fingerprint density at radius 3 is 2.77 bits per heavy atom. The number of amides is 2. The first-order chi connectivity index (χ1) is 10.6. The zero-order valence-corrected chi connectivity index (χ0v) is 12.6. The lowest BCUT2D eigenvalue weighted by Crippen LogP contribution is -2.29. The molecule has 1 saturated heterocycles. The molecule has 1 fully saturated rings. The molecule has 2 amide bonds. The van der Waals surface area contributed by atoms with Crippen LogP contribution in [0.25, 0.3) is 0 Å². The van der Waals surface area contributed by atoms with Crippen LogP contribution in [0.1, 0.15) is 18.9 Å². The van der Waals surface area contributed by atoms with Crippen molar-refractivity contribution in [1.29, 1.82) is 0 Å². The minimum atomic E-state index is -0.413. The van der Waals surface area contributed by atoms with Crippen LogP contribution < -0.4 is 10.1 Å². The molecule has 0 aliphatic carbocycles. The Hall–Kier alpha value is -2.50. The summed E-state index contributed by atoms with van der Waals surface area (Å²) in [6.07, 6.45) is 0.319. The van der Waals surface area contributed by atoms with Crippen LogP contribution in [-0.2, 0) is 16.1 Å². The van der Waals surface area contributed by atoms with Gasteiger partial charge >= 0.3 is 6.09 Å². The van der Waals surface area contributed by atoms with Gasteiger partial charge in [0.1, 0.15) is 12.4 Å². The first kappa shape index (κ1) is 14.4. The Labute approximate surface area is 128 Å². The zero-order valence-electron chi connectivity index (χ0n) is 12.6. The van der Waals surface area contributed by atoms with Gasteiger partial charge in [0.2, 0.25) is 5.91 Å². The zero-order chi connectivity index (χ0) is 15.7. The quantitative estimate of drug-likeness (QED) is 0.924. The van der Waals surface area contributed by atoms with Crippen molar-refractivity contribution in [3.05, 3.63) is 41.1 Å². The molecule has 0 aromatic heterocycles. The minimum absolute atomic E-state index is 0.0546. The van der Waals surface area contributed by atoms with Crippen LogP contribution in [0.5, 0.6) is 5.75 Å². The fraction of sp³-hybridized carbons (Fsp3) is 0.375. The summed E-state index contributed by atoms with van der Waals surface area (Å²) in [7, 11) is 1.60. The number of nitrogens with one attached hydrogen (secondary N) is 1. The van der Waals surface area contributed by atoms with Crippen molar-refractivity contribution in [2.45, 2.75) is 26.0 Å². The lowest BCUT2D eigenvalue weighted by molar-refractivity contribution is -0.117. The average molecular weight is 302 g/mol. The molecular formula is C16H18N2O4. The summed E-state index contributed by atoms with van der Waals surface area (Å²) in [4.78, 5) is 25.4. The number of carbonyl (C=O) groups is 2. The summed E-state index contributed by atoms with van der Waals surface area (Å²) in [6, 6.07) is 7.29. The molecule has 3 rings (SSSR count). The number of carbonyl (C=O) groups excluding carboxylic acids is 2. The molecule has 0 spiro atoms. The van der Waals surface area contributed by atoms with E-state index in [2.05, 4.69) is 5.32 Å². The van der Waals surface area contributed by atoms with Gasteiger partial charge < -0.3 is 14.8 Å². The maximum absolute atomic E-state index is 12.2. The number of rotatable bonds is 3. The summed E-state index contributed by atoms with van der Waals surface area (Å²) in [5.74, 6) is 0.654. The Bertz CT molecular complexity index is 636. The highest BCUT2D eigenvalue weighted by Crippen LogP contribution is 2.30. The van der Waals surface area contributed by atoms with Crippen LogP contribution in [0.15, 0.2) is 35.5 Å². The molecule has 22 heavy (non-hydrogen) atoms. The highest BCUT2D eigenvalue weighted by molar-refractivity contribution is 5.98. The summed E-state index contributed by atoms with van der Waals surface area (Å²) in [5.41, 5.74) is 2.24. The van der Waals surface area contributed by atoms with E-state index in [1.54, 1.807) is 18.9 Å². The summed E-state index contributed by atoms with van der Waals surface area (Å²) in [6.45, 7) is 2.50. The van der Waals surface area contributed by atoms with Gasteiger partial charge in [-0.1, -0.05) is 12.1 Å². The van der Waals surface area contributed by atoms with E-state index in [9.17, 15) is 9.59 Å². The molecule has 0 saturated carbocycles. The second-order valence-corrected chi connectivity index (χ2v) is 5.38. The third-order valence-electron chi connectivity index (χ3n) is 4.03. The van der Waals surface area contributed by atoms with E-state index < -0.39 is 6.09 Å². The van der Waals surface area contributed by atoms with Gasteiger partial charge in [0.05, 0.1) is 18.8 Å². The monoisotopic (exact) mass is 302 g/mol. The smallest absolute Gasteiger partial charge is 0.414 e. The highest BCUT2D eigenvalue weighted by atomic mass is 16.6. The number of benzene rings is 1. The Morgan fingerprint density at radius 2 is 2.09 bits per heavy atom. The van der Waals surface area contributed by atoms with E-state index >= 15 is 0 Å². The Kier molecular flexibility index (Phi) is 3.75. The van der Waals surface area contributed by atoms with Gasteiger partial charge in [-0.25, -0.2) is 4.79 Å². The average Bonchev–Trinajstić information content (AvgIpc) is 3.06. The molecule has 6 heteroatoms. The lowest BCUT2D eigenvalue weighted by atomic mass is 10.2. The van der Waals surface area contributed by atoms with Gasteiger partial charge in [0.15, 0.2) is 0 Å². The molecule has 0 unspecified atom stereocenters. The van der Waals surface area contributed by atoms with Crippen LogP contribution in [0, 0.1) is 0 Å². The van der Waals surface area contributed by atoms with Gasteiger partial charge in [-0.3, -0.25) is 9.69 Å². The Morgan fingerprint density at radius 1 is 1.36 bits per heavy atom. The topological polar surface area (TPSA) is 67.9 Å². The SMILES string of the molecule is COc1ccc(COC(=O)N2CC[C@@H]3NC(=O)C(C)=C32)cc1. The number of hydrogen-bond acceptors (Lipinski definition) is 4. The first-order valence-corrected chi connectivity index (χ1v) is 7.19. The molecule has 1 N–H and O–H groups in total. The van der Waals surface area contributed by atoms with Crippen molar-refractivity contribution >= 4 is 12.0 Å². The maximum Gasteiger partial charge on any atom is 0.414 e. The van der Waals surface area contributed by atoms with Crippen LogP contribution in [0.4, 0.5) is 4.79 Å². The molecule has 6 nitrogen and oxygen atoms in total. The second-order valence-electron chi connectivity index (χ2n) is 5.38. The van der Waals surface area contributed by atoms with E-state index in [0.29, 0.717) is 12.1 Å². The van der Waals surface area contributed by atoms with Crippen LogP contribution in [-0.4, -0.2) is 36.6 Å². The Balaban J connectivity index is 1.64. The molecule has 1 aromatic carbocycles. The number of fused-ring (bicyclic) bond motifs is 1. The van der Waals surface area contributed by atoms with Crippen LogP contribution >= 0.6 is 0 Å². The third-order valence-corrected chi connectivity index (χ3v) is 4.03. The number of likely N-dealkylation sites (tertiary alicyclic amines) is 1. The van der Waals surface area contributed by atoms with Crippen LogP contribution in [0.3, 0.4) is 0 Å². The molecule has 0 radical (unpaired) electrons. The molecule has 2 heterocycles. The van der Waals surface area contributed by atoms with Gasteiger partial charge in [-0.15, -0.1) is 0 Å². The van der Waals surface area contributed by atoms with Gasteiger partial charge in [0, 0.05) is 12.1 Å². The van der Waals surface area contributed by atoms with Gasteiger partial charge in [0.25, 0.3) is 0 Å². The summed E-state index contributed by atoms with van der Waals surface area (Å²) >= 11 is 0. The third kappa shape index (κ3) is 2.52. The van der Waals surface area contributed by atoms with Crippen molar-refractivity contribution in [1.82, 2.24) is 10.2 Å². The molecule has 0 bridgehead atoms. The molecule has 2 aliphatic rings. The fourth-order valence-corrected chi connectivity index (χ4v) is 2.82.